The van der Waals surface area contributed by atoms with Crippen molar-refractivity contribution in [1.29, 1.82) is 5.26 Å². The lowest BCUT2D eigenvalue weighted by Crippen LogP contribution is -2.44. The van der Waals surface area contributed by atoms with Gasteiger partial charge in [0.25, 0.3) is 5.56 Å². The standard InChI is InChI=1S/C27H32N6O4/c1-17(2)10-12-32-24-23(21(14-28)25(32)31-11-6-8-19(29)15-31)30(3)27(36)33(26(24)35)16-22(34)18-7-5-9-20(13-18)37-4/h5,7,9-10,13,19H,6,8,11-12,15-16,29H2,1-4H3/t19-/m0/s1. The van der Waals surface area contributed by atoms with Crippen molar-refractivity contribution in [2.45, 2.75) is 45.8 Å². The van der Waals surface area contributed by atoms with Gasteiger partial charge >= 0.3 is 5.69 Å². The summed E-state index contributed by atoms with van der Waals surface area (Å²) in [6.07, 6.45) is 3.70. The lowest BCUT2D eigenvalue weighted by molar-refractivity contribution is 0.0968. The molecule has 2 aromatic heterocycles. The second kappa shape index (κ2) is 10.5. The zero-order valence-electron chi connectivity index (χ0n) is 21.7. The van der Waals surface area contributed by atoms with Crippen molar-refractivity contribution in [3.05, 3.63) is 67.9 Å². The minimum Gasteiger partial charge on any atom is -0.497 e. The number of aryl methyl sites for hydroxylation is 1. The molecule has 4 rings (SSSR count). The number of carbonyl (C=O) groups excluding carboxylic acids is 1. The number of ether oxygens (including phenoxy) is 1. The maximum Gasteiger partial charge on any atom is 0.331 e. The summed E-state index contributed by atoms with van der Waals surface area (Å²) >= 11 is 0. The van der Waals surface area contributed by atoms with Crippen molar-refractivity contribution < 1.29 is 9.53 Å². The van der Waals surface area contributed by atoms with Gasteiger partial charge in [0, 0.05) is 38.3 Å². The number of anilines is 1. The highest BCUT2D eigenvalue weighted by atomic mass is 16.5. The molecule has 1 aliphatic heterocycles. The molecule has 1 atom stereocenters. The van der Waals surface area contributed by atoms with Crippen LogP contribution in [0.25, 0.3) is 11.0 Å². The molecular weight excluding hydrogens is 472 g/mol. The fourth-order valence-electron chi connectivity index (χ4n) is 4.88. The summed E-state index contributed by atoms with van der Waals surface area (Å²) in [6.45, 7) is 5.02. The number of nitrogens with zero attached hydrogens (tertiary/aromatic N) is 5. The number of allylic oxidation sites excluding steroid dienone is 2. The molecule has 1 fully saturated rings. The van der Waals surface area contributed by atoms with Crippen LogP contribution in [0.5, 0.6) is 5.75 Å². The summed E-state index contributed by atoms with van der Waals surface area (Å²) in [5, 5.41) is 10.2. The number of Topliss-reactive ketones (excluding diaryl/α,β-unsaturated/α-hetero) is 1. The first-order valence-electron chi connectivity index (χ1n) is 12.2. The fraction of sp³-hybridized carbons (Fsp3) is 0.407. The number of hydrogen-bond acceptors (Lipinski definition) is 7. The Bertz CT molecular complexity index is 1550. The Labute approximate surface area is 214 Å². The normalized spacial score (nSPS) is 15.5. The van der Waals surface area contributed by atoms with Crippen LogP contribution < -0.4 is 26.6 Å². The topological polar surface area (TPSA) is 128 Å². The average Bonchev–Trinajstić information content (AvgIpc) is 3.23. The minimum absolute atomic E-state index is 0.0591. The van der Waals surface area contributed by atoms with Crippen molar-refractivity contribution in [3.8, 4) is 11.8 Å². The second-order valence-corrected chi connectivity index (χ2v) is 9.64. The monoisotopic (exact) mass is 504 g/mol. The van der Waals surface area contributed by atoms with E-state index in [-0.39, 0.29) is 22.6 Å². The van der Waals surface area contributed by atoms with E-state index in [0.717, 1.165) is 23.0 Å². The number of ketones is 1. The van der Waals surface area contributed by atoms with E-state index in [1.165, 1.54) is 18.7 Å². The van der Waals surface area contributed by atoms with Crippen LogP contribution in [0, 0.1) is 11.3 Å². The molecule has 0 amide bonds. The zero-order valence-corrected chi connectivity index (χ0v) is 21.7. The van der Waals surface area contributed by atoms with Crippen LogP contribution in [0.3, 0.4) is 0 Å². The Kier molecular flexibility index (Phi) is 7.36. The maximum atomic E-state index is 13.9. The van der Waals surface area contributed by atoms with Crippen molar-refractivity contribution in [3.63, 3.8) is 0 Å². The van der Waals surface area contributed by atoms with Gasteiger partial charge in [-0.25, -0.2) is 4.79 Å². The quantitative estimate of drug-likeness (QED) is 0.386. The molecule has 2 N–H and O–H groups in total. The SMILES string of the molecule is COc1cccc(C(=O)Cn2c(=O)c3c(c(C#N)c(N4CCC[C@H](N)C4)n3CC=C(C)C)n(C)c2=O)c1. The van der Waals surface area contributed by atoms with Crippen LogP contribution in [0.4, 0.5) is 5.82 Å². The number of benzene rings is 1. The number of nitrogens with two attached hydrogens (primary N) is 1. The van der Waals surface area contributed by atoms with Gasteiger partial charge in [-0.05, 0) is 38.8 Å². The number of methoxy groups -OCH3 is 1. The number of aromatic nitrogens is 3. The third-order valence-corrected chi connectivity index (χ3v) is 6.76. The van der Waals surface area contributed by atoms with E-state index in [0.29, 0.717) is 36.8 Å². The second-order valence-electron chi connectivity index (χ2n) is 9.64. The van der Waals surface area contributed by atoms with Crippen LogP contribution >= 0.6 is 0 Å². The molecule has 1 aliphatic rings. The third kappa shape index (κ3) is 4.82. The number of rotatable bonds is 7. The van der Waals surface area contributed by atoms with Crippen LogP contribution in [0.2, 0.25) is 0 Å². The molecule has 37 heavy (non-hydrogen) atoms. The first-order chi connectivity index (χ1) is 17.7. The first kappa shape index (κ1) is 26.0. The van der Waals surface area contributed by atoms with Gasteiger partial charge in [0.15, 0.2) is 5.78 Å². The maximum absolute atomic E-state index is 13.9. The van der Waals surface area contributed by atoms with E-state index in [1.54, 1.807) is 28.8 Å². The zero-order chi connectivity index (χ0) is 26.9. The van der Waals surface area contributed by atoms with Gasteiger partial charge in [-0.1, -0.05) is 23.8 Å². The Morgan fingerprint density at radius 2 is 2.00 bits per heavy atom. The number of piperidine rings is 1. The Balaban J connectivity index is 1.96. The molecule has 0 aliphatic carbocycles. The molecule has 3 aromatic rings. The molecule has 0 saturated carbocycles. The van der Waals surface area contributed by atoms with Crippen molar-refractivity contribution in [2.24, 2.45) is 12.8 Å². The predicted molar refractivity (Wildman–Crippen MR) is 142 cm³/mol. The number of fused-ring (bicyclic) bond motifs is 1. The Morgan fingerprint density at radius 3 is 2.65 bits per heavy atom. The molecule has 194 valence electrons. The summed E-state index contributed by atoms with van der Waals surface area (Å²) < 4.78 is 9.21. The third-order valence-electron chi connectivity index (χ3n) is 6.76. The summed E-state index contributed by atoms with van der Waals surface area (Å²) in [6, 6.07) is 8.75. The molecule has 0 radical (unpaired) electrons. The van der Waals surface area contributed by atoms with Gasteiger partial charge in [-0.15, -0.1) is 0 Å². The molecule has 3 heterocycles. The summed E-state index contributed by atoms with van der Waals surface area (Å²) in [5.41, 5.74) is 7.08. The van der Waals surface area contributed by atoms with Crippen molar-refractivity contribution in [1.82, 2.24) is 13.7 Å². The number of carbonyl (C=O) groups is 1. The molecular formula is C27H32N6O4. The van der Waals surface area contributed by atoms with E-state index in [2.05, 4.69) is 6.07 Å². The van der Waals surface area contributed by atoms with E-state index < -0.39 is 23.6 Å². The number of nitriles is 1. The van der Waals surface area contributed by atoms with Crippen LogP contribution in [-0.2, 0) is 20.1 Å². The molecule has 0 spiro atoms. The van der Waals surface area contributed by atoms with Gasteiger partial charge < -0.3 is 19.9 Å². The molecule has 0 bridgehead atoms. The Hall–Kier alpha value is -4.10. The highest BCUT2D eigenvalue weighted by Gasteiger charge is 2.30. The van der Waals surface area contributed by atoms with Crippen LogP contribution in [0.15, 0.2) is 45.5 Å². The predicted octanol–water partition coefficient (Wildman–Crippen LogP) is 2.16. The number of hydrogen-bond donors (Lipinski definition) is 1. The van der Waals surface area contributed by atoms with Gasteiger partial charge in [-0.3, -0.25) is 18.7 Å². The molecule has 1 saturated heterocycles. The smallest absolute Gasteiger partial charge is 0.331 e. The summed E-state index contributed by atoms with van der Waals surface area (Å²) in [7, 11) is 3.02. The van der Waals surface area contributed by atoms with Gasteiger partial charge in [-0.2, -0.15) is 5.26 Å². The van der Waals surface area contributed by atoms with Gasteiger partial charge in [0.1, 0.15) is 28.7 Å². The van der Waals surface area contributed by atoms with E-state index in [9.17, 15) is 19.6 Å². The van der Waals surface area contributed by atoms with Gasteiger partial charge in [0.2, 0.25) is 0 Å². The first-order valence-corrected chi connectivity index (χ1v) is 12.2. The highest BCUT2D eigenvalue weighted by molar-refractivity contribution is 5.96. The summed E-state index contributed by atoms with van der Waals surface area (Å²) in [5.74, 6) is 0.678. The molecule has 10 heteroatoms. The highest BCUT2D eigenvalue weighted by Crippen LogP contribution is 2.32. The van der Waals surface area contributed by atoms with E-state index in [4.69, 9.17) is 10.5 Å². The fourth-order valence-corrected chi connectivity index (χ4v) is 4.88. The molecule has 10 nitrogen and oxygen atoms in total. The molecule has 1 aromatic carbocycles. The van der Waals surface area contributed by atoms with Crippen LogP contribution in [-0.4, -0.2) is 45.7 Å². The van der Waals surface area contributed by atoms with Crippen molar-refractivity contribution in [2.75, 3.05) is 25.1 Å². The lowest BCUT2D eigenvalue weighted by atomic mass is 10.1. The largest absolute Gasteiger partial charge is 0.497 e. The summed E-state index contributed by atoms with van der Waals surface area (Å²) in [4.78, 5) is 42.3. The van der Waals surface area contributed by atoms with E-state index in [1.807, 2.05) is 24.8 Å². The van der Waals surface area contributed by atoms with Crippen molar-refractivity contribution >= 4 is 22.6 Å². The molecule has 0 unspecified atom stereocenters. The Morgan fingerprint density at radius 1 is 1.24 bits per heavy atom. The lowest BCUT2D eigenvalue weighted by Gasteiger charge is -2.33. The van der Waals surface area contributed by atoms with E-state index >= 15 is 0 Å². The average molecular weight is 505 g/mol. The van der Waals surface area contributed by atoms with Gasteiger partial charge in [0.05, 0.1) is 19.2 Å². The van der Waals surface area contributed by atoms with Crippen LogP contribution in [0.1, 0.15) is 42.6 Å². The minimum atomic E-state index is -0.661.